The fraction of sp³-hybridized carbons (Fsp3) is 0.545. The van der Waals surface area contributed by atoms with E-state index in [2.05, 4.69) is 18.7 Å². The topological polar surface area (TPSA) is 49.3 Å². The number of piperidine rings is 1. The number of rotatable bonds is 3. The Kier molecular flexibility index (Phi) is 4.84. The summed E-state index contributed by atoms with van der Waals surface area (Å²) in [6.07, 6.45) is 7.11. The van der Waals surface area contributed by atoms with Gasteiger partial charge in [0, 0.05) is 18.7 Å². The predicted molar refractivity (Wildman–Crippen MR) is 106 cm³/mol. The van der Waals surface area contributed by atoms with E-state index >= 15 is 0 Å². The summed E-state index contributed by atoms with van der Waals surface area (Å²) in [5, 5.41) is 10.3. The molecule has 1 atom stereocenters. The van der Waals surface area contributed by atoms with Crippen molar-refractivity contribution in [2.75, 3.05) is 18.0 Å². The second-order valence-electron chi connectivity index (χ2n) is 8.11. The zero-order valence-electron chi connectivity index (χ0n) is 15.9. The number of aromatic nitrogens is 2. The lowest BCUT2D eigenvalue weighted by atomic mass is 9.80. The van der Waals surface area contributed by atoms with Gasteiger partial charge in [-0.15, -0.1) is 0 Å². The molecular weight excluding hydrogens is 322 g/mol. The van der Waals surface area contributed by atoms with Gasteiger partial charge in [-0.2, -0.15) is 0 Å². The van der Waals surface area contributed by atoms with Crippen molar-refractivity contribution in [1.82, 2.24) is 9.97 Å². The second kappa shape index (κ2) is 7.26. The maximum absolute atomic E-state index is 10.3. The molecule has 1 saturated heterocycles. The number of aromatic hydroxyl groups is 1. The lowest BCUT2D eigenvalue weighted by Crippen LogP contribution is -2.33. The van der Waals surface area contributed by atoms with Crippen molar-refractivity contribution in [1.29, 1.82) is 0 Å². The van der Waals surface area contributed by atoms with E-state index in [0.29, 0.717) is 17.7 Å². The van der Waals surface area contributed by atoms with Crippen molar-refractivity contribution in [3.63, 3.8) is 0 Å². The SMILES string of the molecule is CC(C)C1CCc2c(nc(-c3ccccc3O)nc2N2CCCCC2)C1. The summed E-state index contributed by atoms with van der Waals surface area (Å²) in [5.74, 6) is 3.41. The highest BCUT2D eigenvalue weighted by atomic mass is 16.3. The number of phenols is 1. The zero-order valence-corrected chi connectivity index (χ0v) is 15.9. The van der Waals surface area contributed by atoms with Gasteiger partial charge in [0.15, 0.2) is 5.82 Å². The highest BCUT2D eigenvalue weighted by molar-refractivity contribution is 5.66. The first-order valence-electron chi connectivity index (χ1n) is 10.1. The quantitative estimate of drug-likeness (QED) is 0.878. The van der Waals surface area contributed by atoms with Gasteiger partial charge in [-0.1, -0.05) is 26.0 Å². The molecule has 4 heteroatoms. The number of fused-ring (bicyclic) bond motifs is 1. The summed E-state index contributed by atoms with van der Waals surface area (Å²) in [5.41, 5.74) is 3.28. The van der Waals surface area contributed by atoms with Crippen LogP contribution < -0.4 is 4.90 Å². The van der Waals surface area contributed by atoms with Gasteiger partial charge < -0.3 is 10.0 Å². The van der Waals surface area contributed by atoms with Crippen LogP contribution in [0.15, 0.2) is 24.3 Å². The van der Waals surface area contributed by atoms with Crippen molar-refractivity contribution in [3.8, 4) is 17.1 Å². The normalized spacial score (nSPS) is 20.3. The Bertz CT molecular complexity index is 781. The number of hydrogen-bond donors (Lipinski definition) is 1. The molecule has 4 nitrogen and oxygen atoms in total. The minimum Gasteiger partial charge on any atom is -0.507 e. The van der Waals surface area contributed by atoms with E-state index in [9.17, 15) is 5.11 Å². The highest BCUT2D eigenvalue weighted by Gasteiger charge is 2.28. The first-order valence-corrected chi connectivity index (χ1v) is 10.1. The van der Waals surface area contributed by atoms with E-state index in [1.807, 2.05) is 18.2 Å². The Morgan fingerprint density at radius 3 is 2.58 bits per heavy atom. The Morgan fingerprint density at radius 2 is 1.85 bits per heavy atom. The number of para-hydroxylation sites is 1. The minimum absolute atomic E-state index is 0.258. The van der Waals surface area contributed by atoms with E-state index in [1.54, 1.807) is 6.07 Å². The number of nitrogens with zero attached hydrogens (tertiary/aromatic N) is 3. The van der Waals surface area contributed by atoms with Gasteiger partial charge in [0.25, 0.3) is 0 Å². The average Bonchev–Trinajstić information content (AvgIpc) is 2.67. The van der Waals surface area contributed by atoms with Crippen molar-refractivity contribution in [2.45, 2.75) is 52.4 Å². The van der Waals surface area contributed by atoms with Gasteiger partial charge in [0.2, 0.25) is 0 Å². The number of benzene rings is 1. The monoisotopic (exact) mass is 351 g/mol. The van der Waals surface area contributed by atoms with Gasteiger partial charge in [0.1, 0.15) is 11.6 Å². The lowest BCUT2D eigenvalue weighted by Gasteiger charge is -2.34. The van der Waals surface area contributed by atoms with Crippen molar-refractivity contribution in [2.24, 2.45) is 11.8 Å². The second-order valence-corrected chi connectivity index (χ2v) is 8.11. The molecule has 26 heavy (non-hydrogen) atoms. The Morgan fingerprint density at radius 1 is 1.08 bits per heavy atom. The molecule has 0 spiro atoms. The summed E-state index contributed by atoms with van der Waals surface area (Å²) < 4.78 is 0. The number of hydrogen-bond acceptors (Lipinski definition) is 4. The van der Waals surface area contributed by atoms with E-state index in [4.69, 9.17) is 9.97 Å². The van der Waals surface area contributed by atoms with Gasteiger partial charge >= 0.3 is 0 Å². The van der Waals surface area contributed by atoms with Crippen LogP contribution in [-0.4, -0.2) is 28.2 Å². The standard InChI is InChI=1S/C22H29N3O/c1-15(2)16-10-11-17-19(14-16)23-21(18-8-4-5-9-20(18)26)24-22(17)25-12-6-3-7-13-25/h4-5,8-9,15-16,26H,3,6-7,10-14H2,1-2H3. The summed E-state index contributed by atoms with van der Waals surface area (Å²) >= 11 is 0. The van der Waals surface area contributed by atoms with Gasteiger partial charge in [-0.05, 0) is 62.5 Å². The maximum atomic E-state index is 10.3. The molecule has 0 bridgehead atoms. The van der Waals surface area contributed by atoms with Crippen molar-refractivity contribution >= 4 is 5.82 Å². The summed E-state index contributed by atoms with van der Waals surface area (Å²) in [4.78, 5) is 12.3. The molecule has 2 heterocycles. The molecule has 1 N–H and O–H groups in total. The van der Waals surface area contributed by atoms with E-state index in [1.165, 1.54) is 36.9 Å². The minimum atomic E-state index is 0.258. The van der Waals surface area contributed by atoms with Crippen LogP contribution in [-0.2, 0) is 12.8 Å². The van der Waals surface area contributed by atoms with Gasteiger partial charge in [0.05, 0.1) is 11.3 Å². The highest BCUT2D eigenvalue weighted by Crippen LogP contribution is 2.37. The number of anilines is 1. The van der Waals surface area contributed by atoms with Crippen LogP contribution in [0.1, 0.15) is 50.8 Å². The van der Waals surface area contributed by atoms with Crippen molar-refractivity contribution in [3.05, 3.63) is 35.5 Å². The molecule has 1 aromatic carbocycles. The van der Waals surface area contributed by atoms with Gasteiger partial charge in [-0.25, -0.2) is 9.97 Å². The van der Waals surface area contributed by atoms with E-state index in [-0.39, 0.29) is 5.75 Å². The average molecular weight is 351 g/mol. The van der Waals surface area contributed by atoms with Crippen LogP contribution in [0.5, 0.6) is 5.75 Å². The molecule has 1 unspecified atom stereocenters. The maximum Gasteiger partial charge on any atom is 0.165 e. The first kappa shape index (κ1) is 17.3. The third kappa shape index (κ3) is 3.29. The molecule has 0 saturated carbocycles. The molecule has 1 aliphatic heterocycles. The lowest BCUT2D eigenvalue weighted by molar-refractivity contribution is 0.338. The molecule has 2 aromatic rings. The number of phenolic OH excluding ortho intramolecular Hbond substituents is 1. The summed E-state index contributed by atoms with van der Waals surface area (Å²) in [7, 11) is 0. The molecule has 1 fully saturated rings. The molecule has 1 aliphatic carbocycles. The molecular formula is C22H29N3O. The molecule has 0 radical (unpaired) electrons. The zero-order chi connectivity index (χ0) is 18.1. The van der Waals surface area contributed by atoms with Crippen LogP contribution >= 0.6 is 0 Å². The van der Waals surface area contributed by atoms with Crippen LogP contribution in [0.2, 0.25) is 0 Å². The van der Waals surface area contributed by atoms with Crippen LogP contribution in [0.25, 0.3) is 11.4 Å². The van der Waals surface area contributed by atoms with Gasteiger partial charge in [-0.3, -0.25) is 0 Å². The van der Waals surface area contributed by atoms with E-state index in [0.717, 1.165) is 37.3 Å². The fourth-order valence-electron chi connectivity index (χ4n) is 4.34. The van der Waals surface area contributed by atoms with Crippen LogP contribution in [0, 0.1) is 11.8 Å². The fourth-order valence-corrected chi connectivity index (χ4v) is 4.34. The van der Waals surface area contributed by atoms with Crippen molar-refractivity contribution < 1.29 is 5.11 Å². The third-order valence-electron chi connectivity index (χ3n) is 6.03. The smallest absolute Gasteiger partial charge is 0.165 e. The van der Waals surface area contributed by atoms with Crippen LogP contribution in [0.3, 0.4) is 0 Å². The third-order valence-corrected chi connectivity index (χ3v) is 6.03. The molecule has 1 aromatic heterocycles. The largest absolute Gasteiger partial charge is 0.507 e. The van der Waals surface area contributed by atoms with E-state index < -0.39 is 0 Å². The van der Waals surface area contributed by atoms with Crippen LogP contribution in [0.4, 0.5) is 5.82 Å². The Hall–Kier alpha value is -2.10. The summed E-state index contributed by atoms with van der Waals surface area (Å²) in [6, 6.07) is 7.42. The molecule has 0 amide bonds. The molecule has 2 aliphatic rings. The first-order chi connectivity index (χ1) is 12.6. The Balaban J connectivity index is 1.81. The molecule has 138 valence electrons. The predicted octanol–water partition coefficient (Wildman–Crippen LogP) is 4.60. The Labute approximate surface area is 156 Å². The summed E-state index contributed by atoms with van der Waals surface area (Å²) in [6.45, 7) is 6.78. The molecule has 4 rings (SSSR count).